The molecule has 1 amide bonds. The van der Waals surface area contributed by atoms with Crippen LogP contribution >= 0.6 is 0 Å². The van der Waals surface area contributed by atoms with E-state index in [9.17, 15) is 4.79 Å². The Morgan fingerprint density at radius 2 is 2.29 bits per heavy atom. The zero-order chi connectivity index (χ0) is 9.97. The molecule has 0 aliphatic carbocycles. The summed E-state index contributed by atoms with van der Waals surface area (Å²) in [6.45, 7) is 1.55. The van der Waals surface area contributed by atoms with Crippen molar-refractivity contribution in [1.29, 1.82) is 0 Å². The van der Waals surface area contributed by atoms with E-state index in [1.165, 1.54) is 0 Å². The molecule has 0 bridgehead atoms. The minimum absolute atomic E-state index is 0.242. The number of carbonyl (C=O) groups is 1. The molecule has 1 aliphatic heterocycles. The third kappa shape index (κ3) is 1.77. The Bertz CT molecular complexity index is 329. The van der Waals surface area contributed by atoms with Gasteiger partial charge in [0.05, 0.1) is 0 Å². The van der Waals surface area contributed by atoms with E-state index in [1.807, 2.05) is 0 Å². The fourth-order valence-corrected chi connectivity index (χ4v) is 1.68. The van der Waals surface area contributed by atoms with Gasteiger partial charge in [-0.15, -0.1) is 0 Å². The molecule has 1 aromatic heterocycles. The molecule has 0 spiro atoms. The monoisotopic (exact) mass is 195 g/mol. The Morgan fingerprint density at radius 3 is 2.86 bits per heavy atom. The highest BCUT2D eigenvalue weighted by Crippen LogP contribution is 2.24. The molecule has 2 rings (SSSR count). The molecule has 0 aromatic carbocycles. The second kappa shape index (κ2) is 3.79. The Kier molecular flexibility index (Phi) is 2.49. The first-order valence-corrected chi connectivity index (χ1v) is 4.70. The van der Waals surface area contributed by atoms with Crippen LogP contribution in [0.4, 0.5) is 0 Å². The van der Waals surface area contributed by atoms with Gasteiger partial charge in [-0.1, -0.05) is 0 Å². The van der Waals surface area contributed by atoms with Crippen LogP contribution in [0.1, 0.15) is 35.1 Å². The van der Waals surface area contributed by atoms with Crippen molar-refractivity contribution in [2.45, 2.75) is 18.8 Å². The first-order chi connectivity index (χ1) is 6.77. The normalized spacial score (nSPS) is 18.3. The van der Waals surface area contributed by atoms with Crippen molar-refractivity contribution in [3.05, 3.63) is 17.7 Å². The number of aromatic amines is 1. The van der Waals surface area contributed by atoms with Gasteiger partial charge in [0.1, 0.15) is 0 Å². The minimum atomic E-state index is -0.511. The molecule has 0 unspecified atom stereocenters. The summed E-state index contributed by atoms with van der Waals surface area (Å²) in [6.07, 6.45) is 3.64. The first kappa shape index (κ1) is 9.21. The van der Waals surface area contributed by atoms with E-state index in [2.05, 4.69) is 9.97 Å². The summed E-state index contributed by atoms with van der Waals surface area (Å²) < 4.78 is 5.25. The van der Waals surface area contributed by atoms with Gasteiger partial charge in [-0.25, -0.2) is 4.98 Å². The molecule has 76 valence electrons. The predicted molar refractivity (Wildman–Crippen MR) is 49.9 cm³/mol. The standard InChI is InChI=1S/C9H13N3O2/c10-8(13)9-11-5-7(12-9)6-1-3-14-4-2-6/h5-6H,1-4H2,(H2,10,13)(H,11,12). The summed E-state index contributed by atoms with van der Waals surface area (Å²) in [7, 11) is 0. The molecule has 0 atom stereocenters. The molecule has 0 radical (unpaired) electrons. The number of hydrogen-bond donors (Lipinski definition) is 2. The number of nitrogens with two attached hydrogens (primary N) is 1. The maximum Gasteiger partial charge on any atom is 0.284 e. The number of rotatable bonds is 2. The number of nitrogens with zero attached hydrogens (tertiary/aromatic N) is 1. The van der Waals surface area contributed by atoms with Crippen LogP contribution in [0.3, 0.4) is 0 Å². The van der Waals surface area contributed by atoms with Crippen molar-refractivity contribution in [1.82, 2.24) is 9.97 Å². The van der Waals surface area contributed by atoms with Crippen molar-refractivity contribution in [2.75, 3.05) is 13.2 Å². The van der Waals surface area contributed by atoms with Crippen molar-refractivity contribution in [3.8, 4) is 0 Å². The van der Waals surface area contributed by atoms with Crippen LogP contribution in [-0.2, 0) is 4.74 Å². The fraction of sp³-hybridized carbons (Fsp3) is 0.556. The van der Waals surface area contributed by atoms with Crippen molar-refractivity contribution >= 4 is 5.91 Å². The molecule has 5 heteroatoms. The van der Waals surface area contributed by atoms with Gasteiger partial charge in [0, 0.05) is 31.0 Å². The van der Waals surface area contributed by atoms with Crippen LogP contribution in [-0.4, -0.2) is 29.1 Å². The zero-order valence-electron chi connectivity index (χ0n) is 7.82. The van der Waals surface area contributed by atoms with Crippen LogP contribution < -0.4 is 5.73 Å². The lowest BCUT2D eigenvalue weighted by atomic mass is 9.97. The molecule has 1 aromatic rings. The van der Waals surface area contributed by atoms with Gasteiger partial charge in [0.15, 0.2) is 5.82 Å². The Labute approximate surface area is 81.7 Å². The predicted octanol–water partition coefficient (Wildman–Crippen LogP) is 0.403. The average Bonchev–Trinajstić information content (AvgIpc) is 2.68. The maximum absolute atomic E-state index is 10.8. The highest BCUT2D eigenvalue weighted by molar-refractivity contribution is 5.88. The third-order valence-electron chi connectivity index (χ3n) is 2.49. The largest absolute Gasteiger partial charge is 0.381 e. The van der Waals surface area contributed by atoms with Crippen LogP contribution in [0.25, 0.3) is 0 Å². The number of amides is 1. The number of imidazole rings is 1. The molecule has 5 nitrogen and oxygen atoms in total. The molecule has 3 N–H and O–H groups in total. The molecule has 1 fully saturated rings. The number of ether oxygens (including phenoxy) is 1. The third-order valence-corrected chi connectivity index (χ3v) is 2.49. The second-order valence-electron chi connectivity index (χ2n) is 3.44. The van der Waals surface area contributed by atoms with E-state index in [0.717, 1.165) is 31.7 Å². The van der Waals surface area contributed by atoms with Gasteiger partial charge in [0.25, 0.3) is 5.91 Å². The smallest absolute Gasteiger partial charge is 0.284 e. The topological polar surface area (TPSA) is 81.0 Å². The maximum atomic E-state index is 10.8. The molecule has 14 heavy (non-hydrogen) atoms. The second-order valence-corrected chi connectivity index (χ2v) is 3.44. The van der Waals surface area contributed by atoms with Crippen LogP contribution in [0.5, 0.6) is 0 Å². The SMILES string of the molecule is NC(=O)c1ncc(C2CCOCC2)[nH]1. The highest BCUT2D eigenvalue weighted by Gasteiger charge is 2.18. The zero-order valence-corrected chi connectivity index (χ0v) is 7.82. The lowest BCUT2D eigenvalue weighted by Crippen LogP contribution is -2.15. The van der Waals surface area contributed by atoms with Crippen LogP contribution in [0, 0.1) is 0 Å². The van der Waals surface area contributed by atoms with Gasteiger partial charge < -0.3 is 15.5 Å². The molecule has 2 heterocycles. The number of hydrogen-bond acceptors (Lipinski definition) is 3. The lowest BCUT2D eigenvalue weighted by molar-refractivity contribution is 0.0845. The Morgan fingerprint density at radius 1 is 1.57 bits per heavy atom. The summed E-state index contributed by atoms with van der Waals surface area (Å²) in [6, 6.07) is 0. The summed E-state index contributed by atoms with van der Waals surface area (Å²) in [5.74, 6) is 0.152. The number of aromatic nitrogens is 2. The molecule has 1 aliphatic rings. The highest BCUT2D eigenvalue weighted by atomic mass is 16.5. The average molecular weight is 195 g/mol. The Hall–Kier alpha value is -1.36. The quantitative estimate of drug-likeness (QED) is 0.716. The minimum Gasteiger partial charge on any atom is -0.381 e. The lowest BCUT2D eigenvalue weighted by Gasteiger charge is -2.20. The van der Waals surface area contributed by atoms with Gasteiger partial charge in [-0.3, -0.25) is 4.79 Å². The summed E-state index contributed by atoms with van der Waals surface area (Å²) >= 11 is 0. The van der Waals surface area contributed by atoms with Gasteiger partial charge in [0.2, 0.25) is 0 Å². The van der Waals surface area contributed by atoms with E-state index in [1.54, 1.807) is 6.20 Å². The van der Waals surface area contributed by atoms with Gasteiger partial charge in [-0.05, 0) is 12.8 Å². The van der Waals surface area contributed by atoms with E-state index in [4.69, 9.17) is 10.5 Å². The molecular formula is C9H13N3O2. The number of H-pyrrole nitrogens is 1. The summed E-state index contributed by atoms with van der Waals surface area (Å²) in [4.78, 5) is 17.7. The van der Waals surface area contributed by atoms with Gasteiger partial charge >= 0.3 is 0 Å². The number of primary amides is 1. The van der Waals surface area contributed by atoms with Crippen LogP contribution in [0.15, 0.2) is 6.20 Å². The fourth-order valence-electron chi connectivity index (χ4n) is 1.68. The van der Waals surface area contributed by atoms with E-state index < -0.39 is 5.91 Å². The van der Waals surface area contributed by atoms with Crippen molar-refractivity contribution in [3.63, 3.8) is 0 Å². The van der Waals surface area contributed by atoms with Gasteiger partial charge in [-0.2, -0.15) is 0 Å². The summed E-state index contributed by atoms with van der Waals surface area (Å²) in [5.41, 5.74) is 6.09. The number of nitrogens with one attached hydrogen (secondary N) is 1. The van der Waals surface area contributed by atoms with E-state index >= 15 is 0 Å². The van der Waals surface area contributed by atoms with E-state index in [0.29, 0.717) is 5.92 Å². The van der Waals surface area contributed by atoms with Crippen LogP contribution in [0.2, 0.25) is 0 Å². The molecule has 1 saturated heterocycles. The Balaban J connectivity index is 2.11. The summed E-state index contributed by atoms with van der Waals surface area (Å²) in [5, 5.41) is 0. The van der Waals surface area contributed by atoms with E-state index in [-0.39, 0.29) is 5.82 Å². The number of carbonyl (C=O) groups excluding carboxylic acids is 1. The first-order valence-electron chi connectivity index (χ1n) is 4.70. The van der Waals surface area contributed by atoms with Crippen molar-refractivity contribution < 1.29 is 9.53 Å². The van der Waals surface area contributed by atoms with Crippen molar-refractivity contribution in [2.24, 2.45) is 5.73 Å². The molecular weight excluding hydrogens is 182 g/mol. The molecule has 0 saturated carbocycles.